The maximum Gasteiger partial charge on any atom is 0.225 e. The summed E-state index contributed by atoms with van der Waals surface area (Å²) in [5.74, 6) is 0.197. The van der Waals surface area contributed by atoms with Gasteiger partial charge >= 0.3 is 0 Å². The van der Waals surface area contributed by atoms with E-state index in [0.717, 1.165) is 25.1 Å². The van der Waals surface area contributed by atoms with Crippen LogP contribution in [0.1, 0.15) is 24.1 Å². The highest BCUT2D eigenvalue weighted by Crippen LogP contribution is 2.20. The molecule has 0 aliphatic carbocycles. The number of nitrogens with zero attached hydrogens (tertiary/aromatic N) is 3. The average molecular weight is 328 g/mol. The number of carbonyl (C=O) groups is 1. The third kappa shape index (κ3) is 3.88. The van der Waals surface area contributed by atoms with E-state index < -0.39 is 0 Å². The number of hydrogen-bond donors (Lipinski definition) is 1. The Kier molecular flexibility index (Phi) is 5.03. The Balaban J connectivity index is 1.60. The van der Waals surface area contributed by atoms with Gasteiger partial charge in [-0.1, -0.05) is 18.2 Å². The predicted octanol–water partition coefficient (Wildman–Crippen LogP) is 2.46. The Labute approximate surface area is 140 Å². The van der Waals surface area contributed by atoms with E-state index in [1.165, 1.54) is 6.07 Å². The van der Waals surface area contributed by atoms with E-state index >= 15 is 0 Å². The van der Waals surface area contributed by atoms with Gasteiger partial charge in [0, 0.05) is 37.1 Å². The molecule has 0 radical (unpaired) electrons. The van der Waals surface area contributed by atoms with Crippen LogP contribution in [0.25, 0.3) is 0 Å². The molecular weight excluding hydrogens is 307 g/mol. The van der Waals surface area contributed by atoms with Crippen molar-refractivity contribution < 1.29 is 9.18 Å². The van der Waals surface area contributed by atoms with Crippen LogP contribution in [0.3, 0.4) is 0 Å². The van der Waals surface area contributed by atoms with Crippen LogP contribution in [-0.2, 0) is 11.3 Å². The van der Waals surface area contributed by atoms with Gasteiger partial charge in [0.2, 0.25) is 11.9 Å². The van der Waals surface area contributed by atoms with Crippen LogP contribution in [0, 0.1) is 18.7 Å². The topological polar surface area (TPSA) is 58.1 Å². The number of hydrogen-bond acceptors (Lipinski definition) is 4. The third-order valence-electron chi connectivity index (χ3n) is 4.27. The number of aryl methyl sites for hydroxylation is 1. The predicted molar refractivity (Wildman–Crippen MR) is 90.0 cm³/mol. The Morgan fingerprint density at radius 1 is 1.38 bits per heavy atom. The largest absolute Gasteiger partial charge is 0.352 e. The summed E-state index contributed by atoms with van der Waals surface area (Å²) in [6.07, 6.45) is 3.47. The molecule has 1 atom stereocenters. The SMILES string of the molecule is Cc1ccnc(N2CCC[C@H](C(=O)NCc3ccccc3F)C2)n1. The number of halogens is 1. The second-order valence-corrected chi connectivity index (χ2v) is 6.09. The number of rotatable bonds is 4. The molecule has 6 heteroatoms. The Morgan fingerprint density at radius 3 is 3.00 bits per heavy atom. The molecule has 1 aromatic heterocycles. The highest BCUT2D eigenvalue weighted by molar-refractivity contribution is 5.79. The number of benzene rings is 1. The fraction of sp³-hybridized carbons (Fsp3) is 0.389. The van der Waals surface area contributed by atoms with Crippen molar-refractivity contribution in [2.75, 3.05) is 18.0 Å². The van der Waals surface area contributed by atoms with Gasteiger partial charge in [-0.2, -0.15) is 0 Å². The minimum atomic E-state index is -0.295. The van der Waals surface area contributed by atoms with Gasteiger partial charge in [-0.3, -0.25) is 4.79 Å². The summed E-state index contributed by atoms with van der Waals surface area (Å²) in [5, 5.41) is 2.85. The molecule has 1 N–H and O–H groups in total. The lowest BCUT2D eigenvalue weighted by Gasteiger charge is -2.32. The standard InChI is InChI=1S/C18H21FN4O/c1-13-8-9-20-18(22-13)23-10-4-6-15(12-23)17(24)21-11-14-5-2-3-7-16(14)19/h2-3,5,7-9,15H,4,6,10-12H2,1H3,(H,21,24)/t15-/m0/s1. The fourth-order valence-corrected chi connectivity index (χ4v) is 2.93. The van der Waals surface area contributed by atoms with Crippen LogP contribution in [-0.4, -0.2) is 29.0 Å². The van der Waals surface area contributed by atoms with E-state index in [2.05, 4.69) is 15.3 Å². The number of anilines is 1. The molecule has 1 aliphatic rings. The summed E-state index contributed by atoms with van der Waals surface area (Å²) in [4.78, 5) is 23.2. The van der Waals surface area contributed by atoms with Gasteiger partial charge in [-0.15, -0.1) is 0 Å². The quantitative estimate of drug-likeness (QED) is 0.937. The van der Waals surface area contributed by atoms with Gasteiger partial charge in [0.05, 0.1) is 5.92 Å². The molecule has 2 aromatic rings. The summed E-state index contributed by atoms with van der Waals surface area (Å²) in [7, 11) is 0. The van der Waals surface area contributed by atoms with Gasteiger partial charge in [0.25, 0.3) is 0 Å². The van der Waals surface area contributed by atoms with Crippen molar-refractivity contribution in [2.24, 2.45) is 5.92 Å². The molecule has 0 saturated carbocycles. The number of nitrogens with one attached hydrogen (secondary N) is 1. The summed E-state index contributed by atoms with van der Waals surface area (Å²) in [6.45, 7) is 3.57. The minimum absolute atomic E-state index is 0.0457. The summed E-state index contributed by atoms with van der Waals surface area (Å²) < 4.78 is 13.6. The van der Waals surface area contributed by atoms with Gasteiger partial charge in [-0.05, 0) is 31.9 Å². The molecule has 126 valence electrons. The first-order chi connectivity index (χ1) is 11.6. The lowest BCUT2D eigenvalue weighted by molar-refractivity contribution is -0.125. The highest BCUT2D eigenvalue weighted by Gasteiger charge is 2.27. The monoisotopic (exact) mass is 328 g/mol. The first-order valence-electron chi connectivity index (χ1n) is 8.19. The van der Waals surface area contributed by atoms with E-state index in [-0.39, 0.29) is 24.2 Å². The lowest BCUT2D eigenvalue weighted by Crippen LogP contribution is -2.43. The van der Waals surface area contributed by atoms with Crippen molar-refractivity contribution >= 4 is 11.9 Å². The van der Waals surface area contributed by atoms with Gasteiger partial charge in [0.15, 0.2) is 0 Å². The third-order valence-corrected chi connectivity index (χ3v) is 4.27. The second-order valence-electron chi connectivity index (χ2n) is 6.09. The van der Waals surface area contributed by atoms with Crippen molar-refractivity contribution in [1.82, 2.24) is 15.3 Å². The molecule has 0 spiro atoms. The Bertz CT molecular complexity index is 722. The minimum Gasteiger partial charge on any atom is -0.352 e. The Hall–Kier alpha value is -2.50. The molecule has 0 unspecified atom stereocenters. The van der Waals surface area contributed by atoms with Crippen LogP contribution in [0.2, 0.25) is 0 Å². The average Bonchev–Trinajstić information content (AvgIpc) is 2.61. The molecule has 3 rings (SSSR count). The van der Waals surface area contributed by atoms with Gasteiger partial charge in [-0.25, -0.2) is 14.4 Å². The highest BCUT2D eigenvalue weighted by atomic mass is 19.1. The molecule has 24 heavy (non-hydrogen) atoms. The summed E-state index contributed by atoms with van der Waals surface area (Å²) >= 11 is 0. The van der Waals surface area contributed by atoms with E-state index in [9.17, 15) is 9.18 Å². The zero-order valence-electron chi connectivity index (χ0n) is 13.7. The molecule has 1 fully saturated rings. The number of piperidine rings is 1. The van der Waals surface area contributed by atoms with E-state index in [1.807, 2.05) is 17.9 Å². The number of carbonyl (C=O) groups excluding carboxylic acids is 1. The lowest BCUT2D eigenvalue weighted by atomic mass is 9.97. The van der Waals surface area contributed by atoms with Crippen molar-refractivity contribution in [1.29, 1.82) is 0 Å². The first kappa shape index (κ1) is 16.4. The second kappa shape index (κ2) is 7.38. The number of amides is 1. The molecule has 0 bridgehead atoms. The van der Waals surface area contributed by atoms with Crippen molar-refractivity contribution in [2.45, 2.75) is 26.3 Å². The van der Waals surface area contributed by atoms with E-state index in [1.54, 1.807) is 24.4 Å². The molecule has 5 nitrogen and oxygen atoms in total. The first-order valence-corrected chi connectivity index (χ1v) is 8.19. The zero-order valence-corrected chi connectivity index (χ0v) is 13.7. The van der Waals surface area contributed by atoms with Gasteiger partial charge in [0.1, 0.15) is 5.82 Å². The smallest absolute Gasteiger partial charge is 0.225 e. The molecule has 1 amide bonds. The molecule has 1 saturated heterocycles. The fourth-order valence-electron chi connectivity index (χ4n) is 2.93. The van der Waals surface area contributed by atoms with Crippen LogP contribution in [0.5, 0.6) is 0 Å². The molecule has 1 aliphatic heterocycles. The number of aromatic nitrogens is 2. The van der Waals surface area contributed by atoms with Gasteiger partial charge < -0.3 is 10.2 Å². The van der Waals surface area contributed by atoms with Crippen LogP contribution in [0.15, 0.2) is 36.5 Å². The van der Waals surface area contributed by atoms with Crippen molar-refractivity contribution in [3.63, 3.8) is 0 Å². The zero-order chi connectivity index (χ0) is 16.9. The van der Waals surface area contributed by atoms with E-state index in [0.29, 0.717) is 18.1 Å². The molecule has 1 aromatic carbocycles. The van der Waals surface area contributed by atoms with Crippen molar-refractivity contribution in [3.8, 4) is 0 Å². The van der Waals surface area contributed by atoms with Crippen LogP contribution in [0.4, 0.5) is 10.3 Å². The maximum absolute atomic E-state index is 13.6. The Morgan fingerprint density at radius 2 is 2.21 bits per heavy atom. The van der Waals surface area contributed by atoms with Crippen molar-refractivity contribution in [3.05, 3.63) is 53.6 Å². The molecule has 2 heterocycles. The molecular formula is C18H21FN4O. The van der Waals surface area contributed by atoms with Crippen LogP contribution < -0.4 is 10.2 Å². The summed E-state index contributed by atoms with van der Waals surface area (Å²) in [5.41, 5.74) is 1.41. The normalized spacial score (nSPS) is 17.6. The van der Waals surface area contributed by atoms with E-state index in [4.69, 9.17) is 0 Å². The van der Waals surface area contributed by atoms with Crippen LogP contribution >= 0.6 is 0 Å². The maximum atomic E-state index is 13.6. The summed E-state index contributed by atoms with van der Waals surface area (Å²) in [6, 6.07) is 8.35.